The molecule has 6 nitrogen and oxygen atoms in total. The third-order valence-corrected chi connectivity index (χ3v) is 5.27. The van der Waals surface area contributed by atoms with Gasteiger partial charge in [0, 0.05) is 10.6 Å². The Hall–Kier alpha value is -2.78. The van der Waals surface area contributed by atoms with E-state index in [9.17, 15) is 4.79 Å². The number of carbonyl (C=O) groups excluding carboxylic acids is 1. The van der Waals surface area contributed by atoms with Crippen molar-refractivity contribution in [3.05, 3.63) is 86.4 Å². The summed E-state index contributed by atoms with van der Waals surface area (Å²) >= 11 is 8.36. The first kappa shape index (κ1) is 22.9. The molecule has 0 saturated carbocycles. The molecule has 0 aliphatic carbocycles. The number of ether oxygens (including phenoxy) is 3. The Morgan fingerprint density at radius 1 is 1.10 bits per heavy atom. The van der Waals surface area contributed by atoms with Crippen LogP contribution < -0.4 is 19.6 Å². The maximum atomic E-state index is 11.9. The molecule has 1 amide bonds. The molecule has 0 unspecified atom stereocenters. The summed E-state index contributed by atoms with van der Waals surface area (Å²) in [4.78, 5) is 11.9. The zero-order valence-corrected chi connectivity index (χ0v) is 19.6. The molecule has 0 aromatic heterocycles. The van der Waals surface area contributed by atoms with Gasteiger partial charge in [-0.25, -0.2) is 5.43 Å². The highest BCUT2D eigenvalue weighted by Crippen LogP contribution is 2.34. The van der Waals surface area contributed by atoms with E-state index in [0.717, 1.165) is 14.7 Å². The lowest BCUT2D eigenvalue weighted by Gasteiger charge is -2.14. The first-order chi connectivity index (χ1) is 15.1. The van der Waals surface area contributed by atoms with Gasteiger partial charge in [-0.2, -0.15) is 5.10 Å². The second-order valence-electron chi connectivity index (χ2n) is 6.31. The van der Waals surface area contributed by atoms with E-state index in [1.165, 1.54) is 6.21 Å². The van der Waals surface area contributed by atoms with Crippen molar-refractivity contribution in [2.45, 2.75) is 6.61 Å². The van der Waals surface area contributed by atoms with Crippen molar-refractivity contribution in [1.82, 2.24) is 5.43 Å². The molecule has 0 spiro atoms. The summed E-state index contributed by atoms with van der Waals surface area (Å²) in [5.74, 6) is 1.43. The van der Waals surface area contributed by atoms with Crippen molar-refractivity contribution in [2.75, 3.05) is 13.7 Å². The molecule has 0 fully saturated rings. The molecule has 0 aliphatic rings. The van der Waals surface area contributed by atoms with E-state index >= 15 is 0 Å². The van der Waals surface area contributed by atoms with Crippen molar-refractivity contribution in [1.29, 1.82) is 0 Å². The number of halogens is 2. The minimum absolute atomic E-state index is 0.128. The summed E-state index contributed by atoms with van der Waals surface area (Å²) in [6.45, 7) is 0.188. The molecule has 3 rings (SSSR count). The molecule has 160 valence electrons. The van der Waals surface area contributed by atoms with E-state index in [1.54, 1.807) is 25.3 Å². The molecular formula is C23H20ClIN2O4. The van der Waals surface area contributed by atoms with Gasteiger partial charge in [-0.05, 0) is 58.5 Å². The summed E-state index contributed by atoms with van der Waals surface area (Å²) in [5, 5.41) is 4.63. The second kappa shape index (κ2) is 11.6. The van der Waals surface area contributed by atoms with Crippen LogP contribution in [-0.2, 0) is 11.4 Å². The number of amides is 1. The molecule has 1 N–H and O–H groups in total. The van der Waals surface area contributed by atoms with Crippen molar-refractivity contribution in [2.24, 2.45) is 5.10 Å². The molecule has 3 aromatic rings. The van der Waals surface area contributed by atoms with E-state index in [1.807, 2.05) is 48.5 Å². The molecular weight excluding hydrogens is 531 g/mol. The first-order valence-electron chi connectivity index (χ1n) is 9.30. The normalized spacial score (nSPS) is 10.7. The van der Waals surface area contributed by atoms with E-state index < -0.39 is 0 Å². The summed E-state index contributed by atoms with van der Waals surface area (Å²) in [5.41, 5.74) is 4.07. The van der Waals surface area contributed by atoms with Crippen molar-refractivity contribution >= 4 is 46.3 Å². The third-order valence-electron chi connectivity index (χ3n) is 4.10. The molecule has 0 bridgehead atoms. The fraction of sp³-hybridized carbons (Fsp3) is 0.130. The molecule has 31 heavy (non-hydrogen) atoms. The Bertz CT molecular complexity index is 1060. The molecule has 0 aliphatic heterocycles. The van der Waals surface area contributed by atoms with Gasteiger partial charge >= 0.3 is 0 Å². The largest absolute Gasteiger partial charge is 0.493 e. The van der Waals surface area contributed by atoms with Gasteiger partial charge in [0.25, 0.3) is 5.91 Å². The number of benzene rings is 3. The lowest BCUT2D eigenvalue weighted by atomic mass is 10.2. The monoisotopic (exact) mass is 550 g/mol. The zero-order chi connectivity index (χ0) is 22.1. The van der Waals surface area contributed by atoms with Gasteiger partial charge in [0.2, 0.25) is 0 Å². The van der Waals surface area contributed by atoms with Crippen LogP contribution in [0.25, 0.3) is 0 Å². The lowest BCUT2D eigenvalue weighted by Crippen LogP contribution is -2.24. The zero-order valence-electron chi connectivity index (χ0n) is 16.7. The topological polar surface area (TPSA) is 69.2 Å². The highest BCUT2D eigenvalue weighted by Gasteiger charge is 2.12. The maximum absolute atomic E-state index is 11.9. The van der Waals surface area contributed by atoms with Gasteiger partial charge in [-0.3, -0.25) is 4.79 Å². The smallest absolute Gasteiger partial charge is 0.277 e. The fourth-order valence-electron chi connectivity index (χ4n) is 2.60. The van der Waals surface area contributed by atoms with Crippen LogP contribution in [0.5, 0.6) is 17.2 Å². The highest BCUT2D eigenvalue weighted by atomic mass is 127. The van der Waals surface area contributed by atoms with Crippen molar-refractivity contribution < 1.29 is 19.0 Å². The van der Waals surface area contributed by atoms with Crippen LogP contribution >= 0.6 is 34.2 Å². The van der Waals surface area contributed by atoms with Crippen molar-refractivity contribution in [3.8, 4) is 17.2 Å². The van der Waals surface area contributed by atoms with Crippen LogP contribution in [-0.4, -0.2) is 25.8 Å². The second-order valence-corrected chi connectivity index (χ2v) is 7.88. The molecule has 0 saturated heterocycles. The molecule has 0 radical (unpaired) electrons. The van der Waals surface area contributed by atoms with Gasteiger partial charge in [0.15, 0.2) is 18.1 Å². The number of hydrogen-bond donors (Lipinski definition) is 1. The fourth-order valence-corrected chi connectivity index (χ4v) is 3.57. The Labute approximate surface area is 199 Å². The quantitative estimate of drug-likeness (QED) is 0.230. The summed E-state index contributed by atoms with van der Waals surface area (Å²) in [6, 6.07) is 20.3. The average Bonchev–Trinajstić information content (AvgIpc) is 2.78. The Kier molecular flexibility index (Phi) is 8.54. The van der Waals surface area contributed by atoms with Gasteiger partial charge < -0.3 is 14.2 Å². The summed E-state index contributed by atoms with van der Waals surface area (Å²) in [6.07, 6.45) is 1.53. The number of nitrogens with zero attached hydrogens (tertiary/aromatic N) is 1. The minimum atomic E-state index is -0.360. The first-order valence-corrected chi connectivity index (χ1v) is 10.8. The number of nitrogens with one attached hydrogen (secondary N) is 1. The number of methoxy groups -OCH3 is 1. The molecule has 8 heteroatoms. The van der Waals surface area contributed by atoms with E-state index in [-0.39, 0.29) is 12.5 Å². The SMILES string of the molecule is COc1cc(/C=N\NC(=O)COc2ccccc2)cc(I)c1OCc1ccccc1Cl. The molecule has 0 atom stereocenters. The van der Waals surface area contributed by atoms with Gasteiger partial charge in [0.1, 0.15) is 12.4 Å². The van der Waals surface area contributed by atoms with E-state index in [2.05, 4.69) is 33.1 Å². The molecule has 0 heterocycles. The predicted molar refractivity (Wildman–Crippen MR) is 129 cm³/mol. The van der Waals surface area contributed by atoms with Crippen LogP contribution in [0.2, 0.25) is 5.02 Å². The van der Waals surface area contributed by atoms with Gasteiger partial charge in [-0.1, -0.05) is 48.0 Å². The third kappa shape index (κ3) is 6.86. The number of carbonyl (C=O) groups is 1. The predicted octanol–water partition coefficient (Wildman–Crippen LogP) is 5.06. The summed E-state index contributed by atoms with van der Waals surface area (Å²) in [7, 11) is 1.57. The van der Waals surface area contributed by atoms with E-state index in [4.69, 9.17) is 25.8 Å². The van der Waals surface area contributed by atoms with Crippen LogP contribution in [0.1, 0.15) is 11.1 Å². The lowest BCUT2D eigenvalue weighted by molar-refractivity contribution is -0.123. The van der Waals surface area contributed by atoms with Crippen molar-refractivity contribution in [3.63, 3.8) is 0 Å². The minimum Gasteiger partial charge on any atom is -0.493 e. The number of para-hydroxylation sites is 1. The Morgan fingerprint density at radius 2 is 1.84 bits per heavy atom. The molecule has 3 aromatic carbocycles. The number of hydrogen-bond acceptors (Lipinski definition) is 5. The van der Waals surface area contributed by atoms with E-state index in [0.29, 0.717) is 28.9 Å². The Balaban J connectivity index is 1.59. The Morgan fingerprint density at radius 3 is 2.58 bits per heavy atom. The highest BCUT2D eigenvalue weighted by molar-refractivity contribution is 14.1. The maximum Gasteiger partial charge on any atom is 0.277 e. The number of hydrazone groups is 1. The van der Waals surface area contributed by atoms with Crippen LogP contribution in [0, 0.1) is 3.57 Å². The number of rotatable bonds is 9. The van der Waals surface area contributed by atoms with Crippen LogP contribution in [0.15, 0.2) is 71.8 Å². The van der Waals surface area contributed by atoms with Crippen LogP contribution in [0.3, 0.4) is 0 Å². The van der Waals surface area contributed by atoms with Crippen LogP contribution in [0.4, 0.5) is 0 Å². The average molecular weight is 551 g/mol. The summed E-state index contributed by atoms with van der Waals surface area (Å²) < 4.78 is 17.6. The van der Waals surface area contributed by atoms with Gasteiger partial charge in [-0.15, -0.1) is 0 Å². The standard InChI is InChI=1S/C23H20ClIN2O4/c1-29-21-12-16(13-26-27-22(28)15-30-18-8-3-2-4-9-18)11-20(25)23(21)31-14-17-7-5-6-10-19(17)24/h2-13H,14-15H2,1H3,(H,27,28)/b26-13-. The van der Waals surface area contributed by atoms with Gasteiger partial charge in [0.05, 0.1) is 16.9 Å².